The van der Waals surface area contributed by atoms with E-state index in [1.54, 1.807) is 6.92 Å². The Hall–Kier alpha value is -1.14. The number of hydrogen-bond donors (Lipinski definition) is 1. The molecule has 0 aliphatic carbocycles. The van der Waals surface area contributed by atoms with Gasteiger partial charge in [-0.3, -0.25) is 14.5 Å². The Kier molecular flexibility index (Phi) is 5.81. The van der Waals surface area contributed by atoms with Crippen molar-refractivity contribution in [1.29, 1.82) is 0 Å². The van der Waals surface area contributed by atoms with Crippen LogP contribution in [-0.4, -0.2) is 62.8 Å². The number of carbonyl (C=O) groups excluding carboxylic acids is 2. The van der Waals surface area contributed by atoms with E-state index in [9.17, 15) is 9.59 Å². The predicted octanol–water partition coefficient (Wildman–Crippen LogP) is -1.00. The highest BCUT2D eigenvalue weighted by Crippen LogP contribution is 1.95. The minimum absolute atomic E-state index is 0.264. The normalized spacial score (nSPS) is 18.8. The second-order valence-corrected chi connectivity index (χ2v) is 3.62. The zero-order chi connectivity index (χ0) is 11.8. The van der Waals surface area contributed by atoms with Crippen molar-refractivity contribution < 1.29 is 19.1 Å². The van der Waals surface area contributed by atoms with Gasteiger partial charge in [-0.05, 0) is 6.92 Å². The first kappa shape index (κ1) is 12.9. The molecule has 1 rings (SSSR count). The van der Waals surface area contributed by atoms with Crippen LogP contribution < -0.4 is 5.32 Å². The van der Waals surface area contributed by atoms with Crippen LogP contribution in [0.2, 0.25) is 0 Å². The summed E-state index contributed by atoms with van der Waals surface area (Å²) in [5.41, 5.74) is 0. The Morgan fingerprint density at radius 1 is 1.56 bits per heavy atom. The summed E-state index contributed by atoms with van der Waals surface area (Å²) >= 11 is 0. The molecule has 0 aromatic heterocycles. The molecule has 0 radical (unpaired) electrons. The third-order valence-electron chi connectivity index (χ3n) is 2.46. The molecule has 0 saturated carbocycles. The third kappa shape index (κ3) is 4.59. The van der Waals surface area contributed by atoms with Crippen LogP contribution in [0.3, 0.4) is 0 Å². The van der Waals surface area contributed by atoms with E-state index in [4.69, 9.17) is 4.74 Å². The van der Waals surface area contributed by atoms with E-state index in [-0.39, 0.29) is 12.4 Å². The summed E-state index contributed by atoms with van der Waals surface area (Å²) in [6.45, 7) is 6.47. The summed E-state index contributed by atoms with van der Waals surface area (Å²) in [6, 6.07) is 0. The third-order valence-corrected chi connectivity index (χ3v) is 2.46. The highest BCUT2D eigenvalue weighted by atomic mass is 16.5. The first-order chi connectivity index (χ1) is 7.74. The van der Waals surface area contributed by atoms with Crippen LogP contribution in [0.1, 0.15) is 6.92 Å². The van der Waals surface area contributed by atoms with Gasteiger partial charge in [0.05, 0.1) is 13.2 Å². The lowest BCUT2D eigenvalue weighted by atomic mass is 10.3. The van der Waals surface area contributed by atoms with Crippen LogP contribution in [0.25, 0.3) is 0 Å². The molecule has 0 bridgehead atoms. The molecule has 1 aliphatic heterocycles. The van der Waals surface area contributed by atoms with Gasteiger partial charge in [0, 0.05) is 26.2 Å². The van der Waals surface area contributed by atoms with E-state index in [2.05, 4.69) is 15.0 Å². The largest absolute Gasteiger partial charge is 0.455 e. The van der Waals surface area contributed by atoms with E-state index >= 15 is 0 Å². The lowest BCUT2D eigenvalue weighted by molar-refractivity contribution is -0.143. The number of hydrogen-bond acceptors (Lipinski definition) is 5. The van der Waals surface area contributed by atoms with Crippen molar-refractivity contribution in [3.05, 3.63) is 0 Å². The molecule has 6 heteroatoms. The number of morpholine rings is 1. The SMILES string of the molecule is CC(OC=O)C(=O)NCCN1CCOCC1. The Labute approximate surface area is 94.9 Å². The van der Waals surface area contributed by atoms with E-state index in [0.717, 1.165) is 32.8 Å². The zero-order valence-electron chi connectivity index (χ0n) is 9.48. The van der Waals surface area contributed by atoms with Gasteiger partial charge in [-0.2, -0.15) is 0 Å². The molecular formula is C10H18N2O4. The molecule has 1 heterocycles. The van der Waals surface area contributed by atoms with Gasteiger partial charge in [0.15, 0.2) is 6.10 Å². The summed E-state index contributed by atoms with van der Waals surface area (Å²) in [4.78, 5) is 23.6. The topological polar surface area (TPSA) is 67.9 Å². The fraction of sp³-hybridized carbons (Fsp3) is 0.800. The van der Waals surface area contributed by atoms with Crippen LogP contribution in [0.15, 0.2) is 0 Å². The average molecular weight is 230 g/mol. The average Bonchev–Trinajstić information content (AvgIpc) is 2.30. The quantitative estimate of drug-likeness (QED) is 0.593. The number of amides is 1. The minimum Gasteiger partial charge on any atom is -0.455 e. The second-order valence-electron chi connectivity index (χ2n) is 3.62. The molecule has 1 fully saturated rings. The smallest absolute Gasteiger partial charge is 0.293 e. The molecule has 1 saturated heterocycles. The molecule has 1 aliphatic rings. The van der Waals surface area contributed by atoms with Crippen LogP contribution in [0.4, 0.5) is 0 Å². The number of carbonyl (C=O) groups is 2. The van der Waals surface area contributed by atoms with Crippen molar-refractivity contribution in [2.45, 2.75) is 13.0 Å². The maximum atomic E-state index is 11.3. The molecule has 0 aromatic carbocycles. The highest BCUT2D eigenvalue weighted by molar-refractivity contribution is 5.81. The lowest BCUT2D eigenvalue weighted by Crippen LogP contribution is -2.43. The molecule has 0 aromatic rings. The first-order valence-electron chi connectivity index (χ1n) is 5.41. The molecule has 6 nitrogen and oxygen atoms in total. The molecule has 92 valence electrons. The highest BCUT2D eigenvalue weighted by Gasteiger charge is 2.14. The number of rotatable bonds is 6. The first-order valence-corrected chi connectivity index (χ1v) is 5.41. The van der Waals surface area contributed by atoms with Gasteiger partial charge in [0.1, 0.15) is 0 Å². The Morgan fingerprint density at radius 3 is 2.88 bits per heavy atom. The summed E-state index contributed by atoms with van der Waals surface area (Å²) in [5.74, 6) is -0.264. The number of nitrogens with one attached hydrogen (secondary N) is 1. The van der Waals surface area contributed by atoms with Gasteiger partial charge in [-0.25, -0.2) is 0 Å². The van der Waals surface area contributed by atoms with Gasteiger partial charge in [-0.1, -0.05) is 0 Å². The Bertz CT molecular complexity index is 229. The van der Waals surface area contributed by atoms with E-state index in [1.807, 2.05) is 0 Å². The van der Waals surface area contributed by atoms with Gasteiger partial charge in [0.2, 0.25) is 0 Å². The molecule has 1 amide bonds. The fourth-order valence-electron chi connectivity index (χ4n) is 1.45. The van der Waals surface area contributed by atoms with E-state index in [0.29, 0.717) is 6.54 Å². The van der Waals surface area contributed by atoms with E-state index in [1.165, 1.54) is 0 Å². The predicted molar refractivity (Wildman–Crippen MR) is 56.9 cm³/mol. The number of nitrogens with zero attached hydrogens (tertiary/aromatic N) is 1. The summed E-state index contributed by atoms with van der Waals surface area (Å²) in [5, 5.41) is 2.71. The summed E-state index contributed by atoms with van der Waals surface area (Å²) < 4.78 is 9.73. The van der Waals surface area contributed by atoms with E-state index < -0.39 is 6.10 Å². The van der Waals surface area contributed by atoms with Crippen molar-refractivity contribution in [3.63, 3.8) is 0 Å². The maximum Gasteiger partial charge on any atom is 0.293 e. The van der Waals surface area contributed by atoms with Crippen LogP contribution in [0, 0.1) is 0 Å². The van der Waals surface area contributed by atoms with Crippen LogP contribution >= 0.6 is 0 Å². The van der Waals surface area contributed by atoms with Gasteiger partial charge >= 0.3 is 0 Å². The molecule has 1 unspecified atom stereocenters. The Balaban J connectivity index is 2.09. The van der Waals surface area contributed by atoms with Crippen molar-refractivity contribution in [2.75, 3.05) is 39.4 Å². The van der Waals surface area contributed by atoms with Gasteiger partial charge in [-0.15, -0.1) is 0 Å². The fourth-order valence-corrected chi connectivity index (χ4v) is 1.45. The molecule has 16 heavy (non-hydrogen) atoms. The number of ether oxygens (including phenoxy) is 2. The maximum absolute atomic E-state index is 11.3. The minimum atomic E-state index is -0.720. The van der Waals surface area contributed by atoms with Gasteiger partial charge in [0.25, 0.3) is 12.4 Å². The molecule has 1 atom stereocenters. The summed E-state index contributed by atoms with van der Waals surface area (Å²) in [7, 11) is 0. The van der Waals surface area contributed by atoms with Gasteiger partial charge < -0.3 is 14.8 Å². The molecule has 1 N–H and O–H groups in total. The second kappa shape index (κ2) is 7.19. The van der Waals surface area contributed by atoms with Crippen molar-refractivity contribution in [3.8, 4) is 0 Å². The molecular weight excluding hydrogens is 212 g/mol. The van der Waals surface area contributed by atoms with Crippen molar-refractivity contribution in [1.82, 2.24) is 10.2 Å². The summed E-state index contributed by atoms with van der Waals surface area (Å²) in [6.07, 6.45) is -0.720. The molecule has 0 spiro atoms. The monoisotopic (exact) mass is 230 g/mol. The Morgan fingerprint density at radius 2 is 2.25 bits per heavy atom. The lowest BCUT2D eigenvalue weighted by Gasteiger charge is -2.26. The standard InChI is InChI=1S/C10H18N2O4/c1-9(16-8-13)10(14)11-2-3-12-4-6-15-7-5-12/h8-9H,2-7H2,1H3,(H,11,14). The zero-order valence-corrected chi connectivity index (χ0v) is 9.48. The van der Waals surface area contributed by atoms with Crippen molar-refractivity contribution >= 4 is 12.4 Å². The van der Waals surface area contributed by atoms with Crippen LogP contribution in [0.5, 0.6) is 0 Å². The van der Waals surface area contributed by atoms with Crippen molar-refractivity contribution in [2.24, 2.45) is 0 Å². The van der Waals surface area contributed by atoms with Crippen LogP contribution in [-0.2, 0) is 19.1 Å².